The topological polar surface area (TPSA) is 12.4 Å². The minimum absolute atomic E-state index is 0.928. The lowest BCUT2D eigenvalue weighted by Crippen LogP contribution is -2.00. The molecule has 0 spiro atoms. The van der Waals surface area contributed by atoms with E-state index in [4.69, 9.17) is 0 Å². The summed E-state index contributed by atoms with van der Waals surface area (Å²) in [7, 11) is 0. The number of fused-ring (bicyclic) bond motifs is 1. The zero-order valence-corrected chi connectivity index (χ0v) is 18.7. The molecular formula is C31H29N. The summed E-state index contributed by atoms with van der Waals surface area (Å²) in [5, 5.41) is 0. The second-order valence-corrected chi connectivity index (χ2v) is 7.96. The Kier molecular flexibility index (Phi) is 7.09. The Morgan fingerprint density at radius 1 is 0.875 bits per heavy atom. The molecule has 0 aromatic heterocycles. The van der Waals surface area contributed by atoms with E-state index in [-0.39, 0.29) is 0 Å². The van der Waals surface area contributed by atoms with Crippen molar-refractivity contribution in [3.8, 4) is 11.1 Å². The molecule has 0 saturated heterocycles. The normalized spacial score (nSPS) is 15.5. The molecule has 0 atom stereocenters. The molecule has 0 saturated carbocycles. The molecule has 1 nitrogen and oxygen atoms in total. The van der Waals surface area contributed by atoms with Crippen LogP contribution in [0.5, 0.6) is 0 Å². The van der Waals surface area contributed by atoms with Crippen molar-refractivity contribution in [2.45, 2.75) is 26.2 Å². The Morgan fingerprint density at radius 2 is 1.66 bits per heavy atom. The van der Waals surface area contributed by atoms with Gasteiger partial charge < -0.3 is 0 Å². The minimum Gasteiger partial charge on any atom is -0.257 e. The van der Waals surface area contributed by atoms with Crippen molar-refractivity contribution in [1.29, 1.82) is 0 Å². The van der Waals surface area contributed by atoms with Crippen LogP contribution < -0.4 is 0 Å². The second kappa shape index (κ2) is 10.5. The number of nitrogens with zero attached hydrogens (tertiary/aromatic N) is 1. The average Bonchev–Trinajstić information content (AvgIpc) is 2.83. The van der Waals surface area contributed by atoms with Crippen LogP contribution in [0.3, 0.4) is 0 Å². The fourth-order valence-corrected chi connectivity index (χ4v) is 4.11. The van der Waals surface area contributed by atoms with E-state index in [1.54, 1.807) is 0 Å². The van der Waals surface area contributed by atoms with Gasteiger partial charge in [-0.15, -0.1) is 0 Å². The summed E-state index contributed by atoms with van der Waals surface area (Å²) in [6.45, 7) is 6.39. The van der Waals surface area contributed by atoms with E-state index in [2.05, 4.69) is 116 Å². The Morgan fingerprint density at radius 3 is 2.44 bits per heavy atom. The summed E-state index contributed by atoms with van der Waals surface area (Å²) in [5.74, 6) is 0. The molecule has 4 rings (SSSR count). The molecule has 0 heterocycles. The quantitative estimate of drug-likeness (QED) is 0.225. The van der Waals surface area contributed by atoms with Crippen LogP contribution in [0, 0.1) is 0 Å². The third-order valence-corrected chi connectivity index (χ3v) is 5.77. The van der Waals surface area contributed by atoms with Gasteiger partial charge >= 0.3 is 0 Å². The Balaban J connectivity index is 1.61. The first-order chi connectivity index (χ1) is 15.8. The molecule has 1 aliphatic carbocycles. The predicted molar refractivity (Wildman–Crippen MR) is 140 cm³/mol. The molecule has 3 aromatic rings. The predicted octanol–water partition coefficient (Wildman–Crippen LogP) is 8.62. The van der Waals surface area contributed by atoms with Crippen LogP contribution in [0.15, 0.2) is 115 Å². The van der Waals surface area contributed by atoms with Crippen molar-refractivity contribution >= 4 is 23.0 Å². The molecule has 0 radical (unpaired) electrons. The van der Waals surface area contributed by atoms with Gasteiger partial charge in [-0.1, -0.05) is 91.5 Å². The molecule has 0 fully saturated rings. The van der Waals surface area contributed by atoms with Crippen LogP contribution in [0.2, 0.25) is 0 Å². The van der Waals surface area contributed by atoms with E-state index in [0.29, 0.717) is 0 Å². The highest BCUT2D eigenvalue weighted by Crippen LogP contribution is 2.31. The van der Waals surface area contributed by atoms with Gasteiger partial charge in [-0.05, 0) is 83.4 Å². The van der Waals surface area contributed by atoms with Gasteiger partial charge in [-0.25, -0.2) is 0 Å². The van der Waals surface area contributed by atoms with E-state index in [1.807, 2.05) is 12.3 Å². The Hall–Kier alpha value is -3.71. The first kappa shape index (κ1) is 21.5. The highest BCUT2D eigenvalue weighted by atomic mass is 14.7. The third kappa shape index (κ3) is 5.12. The van der Waals surface area contributed by atoms with E-state index in [0.717, 1.165) is 30.5 Å². The lowest BCUT2D eigenvalue weighted by Gasteiger charge is -2.18. The third-order valence-electron chi connectivity index (χ3n) is 5.77. The summed E-state index contributed by atoms with van der Waals surface area (Å²) in [4.78, 5) is 4.68. The summed E-state index contributed by atoms with van der Waals surface area (Å²) < 4.78 is 0. The van der Waals surface area contributed by atoms with E-state index in [9.17, 15) is 0 Å². The Labute approximate surface area is 191 Å². The summed E-state index contributed by atoms with van der Waals surface area (Å²) in [6.07, 6.45) is 15.8. The van der Waals surface area contributed by atoms with Gasteiger partial charge in [0.2, 0.25) is 0 Å². The van der Waals surface area contributed by atoms with Crippen molar-refractivity contribution in [2.24, 2.45) is 4.99 Å². The van der Waals surface area contributed by atoms with Crippen molar-refractivity contribution in [3.63, 3.8) is 0 Å². The molecule has 0 bridgehead atoms. The fourth-order valence-electron chi connectivity index (χ4n) is 4.11. The van der Waals surface area contributed by atoms with Gasteiger partial charge in [-0.3, -0.25) is 4.99 Å². The summed E-state index contributed by atoms with van der Waals surface area (Å²) in [6, 6.07) is 25.3. The highest BCUT2D eigenvalue weighted by molar-refractivity contribution is 5.91. The number of hydrogen-bond acceptors (Lipinski definition) is 1. The van der Waals surface area contributed by atoms with Crippen LogP contribution in [-0.2, 0) is 6.42 Å². The van der Waals surface area contributed by atoms with Crippen LogP contribution in [0.4, 0.5) is 5.69 Å². The maximum absolute atomic E-state index is 4.68. The van der Waals surface area contributed by atoms with Crippen molar-refractivity contribution in [1.82, 2.24) is 0 Å². The lowest BCUT2D eigenvalue weighted by atomic mass is 9.87. The van der Waals surface area contributed by atoms with Gasteiger partial charge in [0.05, 0.1) is 5.69 Å². The summed E-state index contributed by atoms with van der Waals surface area (Å²) in [5.41, 5.74) is 9.63. The first-order valence-corrected chi connectivity index (χ1v) is 11.2. The standard InChI is InChI=1S/C31H29N/c1-3-11-27(30-17-10-16-29-24(2)12-6-4-9-15-31(29)30)22-23-32-28-20-18-26(19-21-28)25-13-7-5-8-14-25/h3-5,7-11,13-14,16-23H,2,6,12,15H2,1H3/b9-4-,11-3-,27-22+,32-23+. The van der Waals surface area contributed by atoms with Crippen LogP contribution in [0.1, 0.15) is 36.5 Å². The monoisotopic (exact) mass is 415 g/mol. The van der Waals surface area contributed by atoms with E-state index in [1.165, 1.54) is 33.4 Å². The molecule has 3 aromatic carbocycles. The van der Waals surface area contributed by atoms with Crippen molar-refractivity contribution in [3.05, 3.63) is 126 Å². The SMILES string of the molecule is C=C1CC/C=C\Cc2c1cccc2C(/C=C\C)=C/C=N/c1ccc(-c2ccccc2)cc1. The molecular weight excluding hydrogens is 386 g/mol. The number of rotatable bonds is 5. The van der Waals surface area contributed by atoms with Gasteiger partial charge in [0.25, 0.3) is 0 Å². The van der Waals surface area contributed by atoms with Crippen LogP contribution >= 0.6 is 0 Å². The van der Waals surface area contributed by atoms with Gasteiger partial charge in [0.1, 0.15) is 0 Å². The lowest BCUT2D eigenvalue weighted by molar-refractivity contribution is 1.03. The molecule has 0 aliphatic heterocycles. The summed E-state index contributed by atoms with van der Waals surface area (Å²) >= 11 is 0. The van der Waals surface area contributed by atoms with E-state index >= 15 is 0 Å². The molecule has 158 valence electrons. The van der Waals surface area contributed by atoms with Crippen LogP contribution in [0.25, 0.3) is 22.3 Å². The van der Waals surface area contributed by atoms with Crippen molar-refractivity contribution < 1.29 is 0 Å². The number of hydrogen-bond donors (Lipinski definition) is 0. The number of benzene rings is 3. The Bertz CT molecular complexity index is 1190. The first-order valence-electron chi connectivity index (χ1n) is 11.2. The average molecular weight is 416 g/mol. The molecule has 1 heteroatoms. The smallest absolute Gasteiger partial charge is 0.0630 e. The van der Waals surface area contributed by atoms with Crippen molar-refractivity contribution in [2.75, 3.05) is 0 Å². The highest BCUT2D eigenvalue weighted by Gasteiger charge is 2.13. The largest absolute Gasteiger partial charge is 0.257 e. The van der Waals surface area contributed by atoms with E-state index < -0.39 is 0 Å². The van der Waals surface area contributed by atoms with Crippen LogP contribution in [-0.4, -0.2) is 6.21 Å². The maximum atomic E-state index is 4.68. The number of allylic oxidation sites excluding steroid dienone is 7. The molecule has 0 unspecified atom stereocenters. The molecule has 32 heavy (non-hydrogen) atoms. The zero-order chi connectivity index (χ0) is 22.2. The van der Waals surface area contributed by atoms with Gasteiger partial charge in [0.15, 0.2) is 0 Å². The molecule has 0 N–H and O–H groups in total. The van der Waals surface area contributed by atoms with Gasteiger partial charge in [-0.2, -0.15) is 0 Å². The minimum atomic E-state index is 0.928. The van der Waals surface area contributed by atoms with Gasteiger partial charge in [0, 0.05) is 6.21 Å². The molecule has 1 aliphatic rings. The maximum Gasteiger partial charge on any atom is 0.0630 e. The zero-order valence-electron chi connectivity index (χ0n) is 18.7. The fraction of sp³-hybridized carbons (Fsp3) is 0.129. The molecule has 0 amide bonds. The number of aliphatic imine (C=N–C) groups is 1. The second-order valence-electron chi connectivity index (χ2n) is 7.96.